The van der Waals surface area contributed by atoms with E-state index in [1.165, 1.54) is 13.2 Å². The molecule has 0 radical (unpaired) electrons. The van der Waals surface area contributed by atoms with Gasteiger partial charge in [0, 0.05) is 5.56 Å². The lowest BCUT2D eigenvalue weighted by molar-refractivity contribution is 0.0690. The number of nitriles is 1. The van der Waals surface area contributed by atoms with E-state index in [4.69, 9.17) is 15.1 Å². The number of ether oxygens (including phenoxy) is 1. The molecule has 0 aliphatic heterocycles. The number of aromatic nitrogens is 1. The third kappa shape index (κ3) is 2.37. The molecule has 0 amide bonds. The highest BCUT2D eigenvalue weighted by molar-refractivity contribution is 5.88. The maximum absolute atomic E-state index is 11.8. The molecule has 0 unspecified atom stereocenters. The normalized spacial score (nSPS) is 9.80. The maximum Gasteiger partial charge on any atom is 0.352 e. The van der Waals surface area contributed by atoms with E-state index in [1.807, 2.05) is 0 Å². The van der Waals surface area contributed by atoms with Gasteiger partial charge >= 0.3 is 5.97 Å². The molecule has 0 aliphatic carbocycles. The van der Waals surface area contributed by atoms with Crippen LogP contribution in [-0.4, -0.2) is 23.2 Å². The summed E-state index contributed by atoms with van der Waals surface area (Å²) < 4.78 is 5.07. The Morgan fingerprint density at radius 3 is 2.75 bits per heavy atom. The van der Waals surface area contributed by atoms with Gasteiger partial charge in [-0.15, -0.1) is 0 Å². The van der Waals surface area contributed by atoms with E-state index < -0.39 is 11.5 Å². The number of carbonyl (C=O) groups is 1. The van der Waals surface area contributed by atoms with Gasteiger partial charge in [-0.25, -0.2) is 4.79 Å². The van der Waals surface area contributed by atoms with Crippen molar-refractivity contribution in [3.63, 3.8) is 0 Å². The summed E-state index contributed by atoms with van der Waals surface area (Å²) in [6, 6.07) is 9.75. The second kappa shape index (κ2) is 5.28. The average molecular weight is 270 g/mol. The van der Waals surface area contributed by atoms with Gasteiger partial charge in [-0.2, -0.15) is 5.26 Å². The first kappa shape index (κ1) is 13.4. The molecular formula is C14H10N2O4. The Kier molecular flexibility index (Phi) is 3.53. The Morgan fingerprint density at radius 1 is 1.40 bits per heavy atom. The number of H-pyrrole nitrogens is 1. The number of nitrogens with one attached hydrogen (secondary N) is 1. The van der Waals surface area contributed by atoms with Crippen LogP contribution in [0.1, 0.15) is 16.1 Å². The number of pyridine rings is 1. The Morgan fingerprint density at radius 2 is 2.15 bits per heavy atom. The van der Waals surface area contributed by atoms with Crippen molar-refractivity contribution in [1.82, 2.24) is 4.98 Å². The highest BCUT2D eigenvalue weighted by atomic mass is 16.5. The minimum Gasteiger partial charge on any atom is -0.497 e. The van der Waals surface area contributed by atoms with Crippen LogP contribution in [0.3, 0.4) is 0 Å². The molecule has 100 valence electrons. The van der Waals surface area contributed by atoms with Gasteiger partial charge in [-0.05, 0) is 23.8 Å². The van der Waals surface area contributed by atoms with Crippen LogP contribution in [0.25, 0.3) is 11.1 Å². The molecule has 1 heterocycles. The van der Waals surface area contributed by atoms with Gasteiger partial charge in [0.1, 0.15) is 23.1 Å². The highest BCUT2D eigenvalue weighted by Crippen LogP contribution is 2.25. The van der Waals surface area contributed by atoms with Crippen LogP contribution in [0.5, 0.6) is 5.75 Å². The SMILES string of the molecule is COc1cccc(-c2cc(C(=O)O)[nH]c(=O)c2C#N)c1. The van der Waals surface area contributed by atoms with E-state index in [2.05, 4.69) is 4.98 Å². The zero-order valence-electron chi connectivity index (χ0n) is 10.5. The summed E-state index contributed by atoms with van der Waals surface area (Å²) >= 11 is 0. The molecule has 1 aromatic carbocycles. The van der Waals surface area contributed by atoms with E-state index >= 15 is 0 Å². The first-order valence-electron chi connectivity index (χ1n) is 5.62. The summed E-state index contributed by atoms with van der Waals surface area (Å²) in [4.78, 5) is 24.9. The topological polar surface area (TPSA) is 103 Å². The number of rotatable bonds is 3. The van der Waals surface area contributed by atoms with Gasteiger partial charge in [0.15, 0.2) is 0 Å². The van der Waals surface area contributed by atoms with E-state index in [0.717, 1.165) is 0 Å². The highest BCUT2D eigenvalue weighted by Gasteiger charge is 2.14. The molecule has 1 aromatic heterocycles. The fraction of sp³-hybridized carbons (Fsp3) is 0.0714. The number of aromatic carboxylic acids is 1. The van der Waals surface area contributed by atoms with Crippen molar-refractivity contribution in [1.29, 1.82) is 5.26 Å². The lowest BCUT2D eigenvalue weighted by Crippen LogP contribution is -2.16. The second-order valence-electron chi connectivity index (χ2n) is 3.95. The standard InChI is InChI=1S/C14H10N2O4/c1-20-9-4-2-3-8(5-9)10-6-12(14(18)19)16-13(17)11(10)7-15/h2-6H,1H3,(H,16,17)(H,18,19). The van der Waals surface area contributed by atoms with Gasteiger partial charge in [-0.1, -0.05) is 12.1 Å². The Balaban J connectivity index is 2.74. The predicted molar refractivity (Wildman–Crippen MR) is 70.7 cm³/mol. The van der Waals surface area contributed by atoms with E-state index in [0.29, 0.717) is 11.3 Å². The van der Waals surface area contributed by atoms with Gasteiger partial charge in [0.25, 0.3) is 5.56 Å². The first-order valence-corrected chi connectivity index (χ1v) is 5.62. The molecule has 2 aromatic rings. The lowest BCUT2D eigenvalue weighted by atomic mass is 10.0. The number of hydrogen-bond donors (Lipinski definition) is 2. The molecule has 0 bridgehead atoms. The molecule has 0 saturated carbocycles. The molecule has 0 atom stereocenters. The van der Waals surface area contributed by atoms with E-state index in [1.54, 1.807) is 30.3 Å². The van der Waals surface area contributed by atoms with Crippen molar-refractivity contribution in [3.05, 3.63) is 51.9 Å². The van der Waals surface area contributed by atoms with Crippen molar-refractivity contribution in [2.75, 3.05) is 7.11 Å². The molecule has 6 heteroatoms. The zero-order chi connectivity index (χ0) is 14.7. The van der Waals surface area contributed by atoms with Crippen molar-refractivity contribution in [2.45, 2.75) is 0 Å². The Hall–Kier alpha value is -3.07. The largest absolute Gasteiger partial charge is 0.497 e. The number of carboxylic acid groups (broad SMARTS) is 1. The minimum absolute atomic E-state index is 0.136. The van der Waals surface area contributed by atoms with Crippen LogP contribution in [0.4, 0.5) is 0 Å². The van der Waals surface area contributed by atoms with Gasteiger partial charge in [0.2, 0.25) is 0 Å². The fourth-order valence-corrected chi connectivity index (χ4v) is 1.80. The van der Waals surface area contributed by atoms with Crippen LogP contribution in [0, 0.1) is 11.3 Å². The second-order valence-corrected chi connectivity index (χ2v) is 3.95. The summed E-state index contributed by atoms with van der Waals surface area (Å²) in [7, 11) is 1.49. The summed E-state index contributed by atoms with van der Waals surface area (Å²) in [6.07, 6.45) is 0. The third-order valence-corrected chi connectivity index (χ3v) is 2.76. The minimum atomic E-state index is -1.27. The van der Waals surface area contributed by atoms with Crippen LogP contribution >= 0.6 is 0 Å². The number of methoxy groups -OCH3 is 1. The molecule has 2 N–H and O–H groups in total. The molecule has 20 heavy (non-hydrogen) atoms. The van der Waals surface area contributed by atoms with Crippen LogP contribution < -0.4 is 10.3 Å². The molecule has 0 spiro atoms. The molecule has 0 saturated heterocycles. The molecule has 0 fully saturated rings. The number of carboxylic acids is 1. The molecule has 0 aliphatic rings. The number of benzene rings is 1. The fourth-order valence-electron chi connectivity index (χ4n) is 1.80. The molecular weight excluding hydrogens is 260 g/mol. The summed E-state index contributed by atoms with van der Waals surface area (Å²) in [5.41, 5.74) is -0.345. The number of nitrogens with zero attached hydrogens (tertiary/aromatic N) is 1. The lowest BCUT2D eigenvalue weighted by Gasteiger charge is -2.07. The monoisotopic (exact) mass is 270 g/mol. The van der Waals surface area contributed by atoms with Crippen molar-refractivity contribution in [3.8, 4) is 22.9 Å². The zero-order valence-corrected chi connectivity index (χ0v) is 10.5. The van der Waals surface area contributed by atoms with E-state index in [9.17, 15) is 9.59 Å². The first-order chi connectivity index (χ1) is 9.56. The van der Waals surface area contributed by atoms with E-state index in [-0.39, 0.29) is 16.8 Å². The Bertz CT molecular complexity index is 771. The predicted octanol–water partition coefficient (Wildman–Crippen LogP) is 1.62. The summed E-state index contributed by atoms with van der Waals surface area (Å²) in [5.74, 6) is -0.723. The summed E-state index contributed by atoms with van der Waals surface area (Å²) in [6.45, 7) is 0. The summed E-state index contributed by atoms with van der Waals surface area (Å²) in [5, 5.41) is 18.0. The van der Waals surface area contributed by atoms with Crippen LogP contribution in [0.2, 0.25) is 0 Å². The van der Waals surface area contributed by atoms with Gasteiger partial charge in [0.05, 0.1) is 7.11 Å². The maximum atomic E-state index is 11.8. The third-order valence-electron chi connectivity index (χ3n) is 2.76. The van der Waals surface area contributed by atoms with Crippen LogP contribution in [-0.2, 0) is 0 Å². The number of hydrogen-bond acceptors (Lipinski definition) is 4. The number of aromatic amines is 1. The van der Waals surface area contributed by atoms with Crippen molar-refractivity contribution >= 4 is 5.97 Å². The smallest absolute Gasteiger partial charge is 0.352 e. The quantitative estimate of drug-likeness (QED) is 0.882. The van der Waals surface area contributed by atoms with Gasteiger partial charge in [-0.3, -0.25) is 4.79 Å². The average Bonchev–Trinajstić information content (AvgIpc) is 2.46. The van der Waals surface area contributed by atoms with Gasteiger partial charge < -0.3 is 14.8 Å². The Labute approximate surface area is 113 Å². The molecule has 2 rings (SSSR count). The van der Waals surface area contributed by atoms with Crippen molar-refractivity contribution in [2.24, 2.45) is 0 Å². The van der Waals surface area contributed by atoms with Crippen LogP contribution in [0.15, 0.2) is 35.1 Å². The van der Waals surface area contributed by atoms with Crippen molar-refractivity contribution < 1.29 is 14.6 Å². The molecule has 6 nitrogen and oxygen atoms in total.